The van der Waals surface area contributed by atoms with E-state index in [1.54, 1.807) is 6.92 Å². The molecule has 0 fully saturated rings. The number of amides is 6. The van der Waals surface area contributed by atoms with Crippen LogP contribution in [0.5, 0.6) is 0 Å². The second-order valence-electron chi connectivity index (χ2n) is 7.17. The van der Waals surface area contributed by atoms with Crippen LogP contribution in [0.2, 0.25) is 0 Å². The molecule has 0 saturated carbocycles. The summed E-state index contributed by atoms with van der Waals surface area (Å²) in [5.74, 6) is -3.78. The fourth-order valence-corrected chi connectivity index (χ4v) is 3.22. The van der Waals surface area contributed by atoms with Gasteiger partial charge in [0, 0.05) is 42.2 Å². The van der Waals surface area contributed by atoms with Gasteiger partial charge in [-0.25, -0.2) is 0 Å². The monoisotopic (exact) mass is 484 g/mol. The van der Waals surface area contributed by atoms with E-state index >= 15 is 0 Å². The third kappa shape index (κ3) is 6.31. The maximum Gasteiger partial charge on any atom is 0.254 e. The molecule has 0 spiro atoms. The Hall–Kier alpha value is -4.49. The number of anilines is 2. The van der Waals surface area contributed by atoms with Crippen LogP contribution in [-0.4, -0.2) is 77.2 Å². The molecule has 184 valence electrons. The zero-order valence-electron chi connectivity index (χ0n) is 18.7. The van der Waals surface area contributed by atoms with Crippen molar-refractivity contribution in [2.75, 3.05) is 23.7 Å². The number of nitrogens with zero attached hydrogens (tertiary/aromatic N) is 2. The minimum atomic E-state index is -1.35. The van der Waals surface area contributed by atoms with Gasteiger partial charge in [0.2, 0.25) is 18.2 Å². The normalized spacial score (nSPS) is 14.5. The summed E-state index contributed by atoms with van der Waals surface area (Å²) in [6.07, 6.45) is 5.13. The second kappa shape index (κ2) is 12.1. The molecule has 0 saturated heterocycles. The smallest absolute Gasteiger partial charge is 0.254 e. The maximum absolute atomic E-state index is 12.7. The Bertz CT molecular complexity index is 1100. The number of nitrogens with two attached hydrogens (primary N) is 2. The van der Waals surface area contributed by atoms with Crippen LogP contribution in [0.15, 0.2) is 42.5 Å². The Morgan fingerprint density at radius 2 is 1.54 bits per heavy atom. The summed E-state index contributed by atoms with van der Waals surface area (Å²) in [6, 6.07) is 1.19. The van der Waals surface area contributed by atoms with E-state index in [2.05, 4.69) is 10.6 Å². The summed E-state index contributed by atoms with van der Waals surface area (Å²) >= 11 is 0. The van der Waals surface area contributed by atoms with Gasteiger partial charge in [0.15, 0.2) is 0 Å². The van der Waals surface area contributed by atoms with Gasteiger partial charge in [0.05, 0.1) is 0 Å². The fraction of sp³-hybridized carbons (Fsp3) is 0.227. The summed E-state index contributed by atoms with van der Waals surface area (Å²) < 4.78 is 0. The molecule has 0 aromatic heterocycles. The SMILES string of the molecule is C/C=C\C(=O)N(C=O)C(CN)C(=O)Nc1cc(C=O)cc(NC(=O)C(CN)N2C(=O)C=CC2=O)c1. The Morgan fingerprint density at radius 3 is 2.00 bits per heavy atom. The van der Waals surface area contributed by atoms with Crippen molar-refractivity contribution in [3.63, 3.8) is 0 Å². The van der Waals surface area contributed by atoms with E-state index in [4.69, 9.17) is 11.5 Å². The van der Waals surface area contributed by atoms with Crippen molar-refractivity contribution in [1.29, 1.82) is 0 Å². The number of rotatable bonds is 11. The highest BCUT2D eigenvalue weighted by atomic mass is 16.2. The van der Waals surface area contributed by atoms with E-state index in [1.165, 1.54) is 24.3 Å². The highest BCUT2D eigenvalue weighted by molar-refractivity contribution is 6.16. The molecule has 1 aliphatic rings. The van der Waals surface area contributed by atoms with E-state index in [-0.39, 0.29) is 36.4 Å². The molecular weight excluding hydrogens is 460 g/mol. The summed E-state index contributed by atoms with van der Waals surface area (Å²) in [5.41, 5.74) is 11.3. The number of allylic oxidation sites excluding steroid dienone is 1. The van der Waals surface area contributed by atoms with Crippen molar-refractivity contribution in [1.82, 2.24) is 9.80 Å². The third-order valence-electron chi connectivity index (χ3n) is 4.85. The Morgan fingerprint density at radius 1 is 0.971 bits per heavy atom. The molecule has 13 heteroatoms. The molecule has 1 aliphatic heterocycles. The molecule has 2 atom stereocenters. The van der Waals surface area contributed by atoms with Gasteiger partial charge in [0.1, 0.15) is 18.4 Å². The molecule has 13 nitrogen and oxygen atoms in total. The lowest BCUT2D eigenvalue weighted by atomic mass is 10.1. The second-order valence-corrected chi connectivity index (χ2v) is 7.17. The number of carbonyl (C=O) groups excluding carboxylic acids is 7. The lowest BCUT2D eigenvalue weighted by molar-refractivity contribution is -0.143. The predicted octanol–water partition coefficient (Wildman–Crippen LogP) is -1.48. The molecule has 1 aromatic rings. The van der Waals surface area contributed by atoms with E-state index in [9.17, 15) is 33.6 Å². The van der Waals surface area contributed by atoms with Crippen molar-refractivity contribution >= 4 is 53.6 Å². The van der Waals surface area contributed by atoms with Crippen LogP contribution >= 0.6 is 0 Å². The Balaban J connectivity index is 2.26. The average Bonchev–Trinajstić information content (AvgIpc) is 3.15. The topological polar surface area (TPSA) is 202 Å². The molecule has 35 heavy (non-hydrogen) atoms. The standard InChI is InChI=1S/C22H24N6O7/c1-2-3-18(31)27(12-30)16(9-23)21(34)25-14-6-13(11-29)7-15(8-14)26-22(35)17(10-24)28-19(32)4-5-20(28)33/h2-8,11-12,16-17H,9-10,23-24H2,1H3,(H,25,34)(H,26,35)/b3-2-. The molecular formula is C22H24N6O7. The van der Waals surface area contributed by atoms with Crippen LogP contribution in [0.4, 0.5) is 11.4 Å². The summed E-state index contributed by atoms with van der Waals surface area (Å²) in [4.78, 5) is 85.4. The average molecular weight is 484 g/mol. The van der Waals surface area contributed by atoms with Crippen LogP contribution in [0, 0.1) is 0 Å². The maximum atomic E-state index is 12.7. The lowest BCUT2D eigenvalue weighted by Gasteiger charge is -2.24. The van der Waals surface area contributed by atoms with Crippen molar-refractivity contribution in [2.45, 2.75) is 19.0 Å². The third-order valence-corrected chi connectivity index (χ3v) is 4.85. The molecule has 6 amide bonds. The van der Waals surface area contributed by atoms with Gasteiger partial charge < -0.3 is 22.1 Å². The molecule has 2 rings (SSSR count). The van der Waals surface area contributed by atoms with Gasteiger partial charge in [0.25, 0.3) is 17.7 Å². The van der Waals surface area contributed by atoms with E-state index in [0.29, 0.717) is 16.1 Å². The number of carbonyl (C=O) groups is 7. The molecule has 0 aliphatic carbocycles. The fourth-order valence-electron chi connectivity index (χ4n) is 3.22. The first-order chi connectivity index (χ1) is 16.7. The van der Waals surface area contributed by atoms with Crippen LogP contribution in [0.1, 0.15) is 17.3 Å². The van der Waals surface area contributed by atoms with Crippen LogP contribution in [0.3, 0.4) is 0 Å². The van der Waals surface area contributed by atoms with Crippen LogP contribution < -0.4 is 22.1 Å². The zero-order valence-corrected chi connectivity index (χ0v) is 18.7. The first kappa shape index (κ1) is 26.8. The quantitative estimate of drug-likeness (QED) is 0.164. The zero-order chi connectivity index (χ0) is 26.1. The largest absolute Gasteiger partial charge is 0.328 e. The Labute approximate surface area is 199 Å². The van der Waals surface area contributed by atoms with Crippen LogP contribution in [-0.2, 0) is 28.8 Å². The first-order valence-corrected chi connectivity index (χ1v) is 10.3. The van der Waals surface area contributed by atoms with E-state index < -0.39 is 41.6 Å². The van der Waals surface area contributed by atoms with E-state index in [0.717, 1.165) is 18.2 Å². The summed E-state index contributed by atoms with van der Waals surface area (Å²) in [6.45, 7) is 0.817. The number of benzene rings is 1. The number of nitrogens with one attached hydrogen (secondary N) is 2. The lowest BCUT2D eigenvalue weighted by Crippen LogP contribution is -2.51. The van der Waals surface area contributed by atoms with Crippen molar-refractivity contribution in [3.05, 3.63) is 48.1 Å². The van der Waals surface area contributed by atoms with Gasteiger partial charge in [-0.3, -0.25) is 43.4 Å². The molecule has 1 heterocycles. The summed E-state index contributed by atoms with van der Waals surface area (Å²) in [5, 5.41) is 4.90. The molecule has 2 unspecified atom stereocenters. The predicted molar refractivity (Wildman–Crippen MR) is 123 cm³/mol. The molecule has 1 aromatic carbocycles. The van der Waals surface area contributed by atoms with Gasteiger partial charge in [-0.1, -0.05) is 6.08 Å². The minimum Gasteiger partial charge on any atom is -0.328 e. The Kier molecular flexibility index (Phi) is 9.26. The highest BCUT2D eigenvalue weighted by Crippen LogP contribution is 2.20. The summed E-state index contributed by atoms with van der Waals surface area (Å²) in [7, 11) is 0. The minimum absolute atomic E-state index is 0.0389. The van der Waals surface area contributed by atoms with Gasteiger partial charge in [-0.15, -0.1) is 0 Å². The van der Waals surface area contributed by atoms with Crippen molar-refractivity contribution in [2.24, 2.45) is 11.5 Å². The molecule has 0 radical (unpaired) electrons. The van der Waals surface area contributed by atoms with Crippen molar-refractivity contribution < 1.29 is 33.6 Å². The van der Waals surface area contributed by atoms with E-state index in [1.807, 2.05) is 0 Å². The van der Waals surface area contributed by atoms with Gasteiger partial charge in [-0.05, 0) is 31.2 Å². The molecule has 6 N–H and O–H groups in total. The van der Waals surface area contributed by atoms with Gasteiger partial charge >= 0.3 is 0 Å². The number of hydrogen-bond donors (Lipinski definition) is 4. The number of imide groups is 2. The number of aldehydes is 1. The first-order valence-electron chi connectivity index (χ1n) is 10.3. The number of hydrogen-bond acceptors (Lipinski definition) is 9. The van der Waals surface area contributed by atoms with Crippen LogP contribution in [0.25, 0.3) is 0 Å². The van der Waals surface area contributed by atoms with Crippen molar-refractivity contribution in [3.8, 4) is 0 Å². The molecule has 0 bridgehead atoms. The highest BCUT2D eigenvalue weighted by Gasteiger charge is 2.35. The van der Waals surface area contributed by atoms with Gasteiger partial charge in [-0.2, -0.15) is 0 Å².